The molecule has 2 rings (SSSR count). The zero-order chi connectivity index (χ0) is 13.1. The number of rotatable bonds is 3. The smallest absolute Gasteiger partial charge is 0.349 e. The molecule has 0 aliphatic carbocycles. The third kappa shape index (κ3) is 2.79. The number of esters is 1. The van der Waals surface area contributed by atoms with Gasteiger partial charge in [-0.05, 0) is 31.5 Å². The second-order valence-corrected chi connectivity index (χ2v) is 5.66. The summed E-state index contributed by atoms with van der Waals surface area (Å²) in [6.07, 6.45) is 1.57. The van der Waals surface area contributed by atoms with E-state index in [2.05, 4.69) is 20.9 Å². The highest BCUT2D eigenvalue weighted by Gasteiger charge is 2.13. The van der Waals surface area contributed by atoms with Crippen LogP contribution in [0.5, 0.6) is 0 Å². The number of halogens is 1. The molecule has 0 N–H and O–H groups in total. The van der Waals surface area contributed by atoms with Gasteiger partial charge in [0, 0.05) is 10.0 Å². The minimum absolute atomic E-state index is 0.309. The lowest BCUT2D eigenvalue weighted by Gasteiger charge is -2.02. The van der Waals surface area contributed by atoms with Gasteiger partial charge in [-0.1, -0.05) is 22.0 Å². The molecule has 1 heterocycles. The molecule has 0 aliphatic heterocycles. The highest BCUT2D eigenvalue weighted by Crippen LogP contribution is 2.29. The fraction of sp³-hybridized carbons (Fsp3) is 0.231. The second-order valence-electron chi connectivity index (χ2n) is 3.71. The van der Waals surface area contributed by atoms with Gasteiger partial charge in [0.2, 0.25) is 0 Å². The fourth-order valence-electron chi connectivity index (χ4n) is 1.56. The number of aromatic nitrogens is 1. The molecule has 0 saturated heterocycles. The normalized spacial score (nSPS) is 10.4. The molecule has 0 amide bonds. The number of aryl methyl sites for hydroxylation is 1. The molecule has 2 aromatic rings. The predicted molar refractivity (Wildman–Crippen MR) is 75.9 cm³/mol. The molecule has 0 aliphatic rings. The molecule has 0 fully saturated rings. The lowest BCUT2D eigenvalue weighted by molar-refractivity contribution is 0.0532. The van der Waals surface area contributed by atoms with Gasteiger partial charge < -0.3 is 4.74 Å². The van der Waals surface area contributed by atoms with Crippen molar-refractivity contribution in [3.05, 3.63) is 39.3 Å². The topological polar surface area (TPSA) is 39.2 Å². The average Bonchev–Trinajstić information content (AvgIpc) is 2.78. The van der Waals surface area contributed by atoms with Crippen molar-refractivity contribution in [3.8, 4) is 10.6 Å². The highest BCUT2D eigenvalue weighted by atomic mass is 79.9. The van der Waals surface area contributed by atoms with E-state index in [-0.39, 0.29) is 5.97 Å². The van der Waals surface area contributed by atoms with E-state index in [1.807, 2.05) is 25.1 Å². The summed E-state index contributed by atoms with van der Waals surface area (Å²) in [7, 11) is 0. The largest absolute Gasteiger partial charge is 0.462 e. The summed E-state index contributed by atoms with van der Waals surface area (Å²) in [5.41, 5.74) is 2.16. The highest BCUT2D eigenvalue weighted by molar-refractivity contribution is 9.10. The number of benzene rings is 1. The van der Waals surface area contributed by atoms with Gasteiger partial charge in [-0.15, -0.1) is 11.3 Å². The van der Waals surface area contributed by atoms with Gasteiger partial charge in [0.15, 0.2) is 0 Å². The molecule has 1 aromatic heterocycles. The van der Waals surface area contributed by atoms with Gasteiger partial charge in [0.05, 0.1) is 12.8 Å². The first-order valence-corrected chi connectivity index (χ1v) is 7.12. The zero-order valence-electron chi connectivity index (χ0n) is 10.1. The van der Waals surface area contributed by atoms with Crippen molar-refractivity contribution in [2.45, 2.75) is 13.8 Å². The van der Waals surface area contributed by atoms with Crippen molar-refractivity contribution >= 4 is 33.2 Å². The number of ether oxygens (including phenoxy) is 1. The third-order valence-corrected chi connectivity index (χ3v) is 3.91. The van der Waals surface area contributed by atoms with Crippen LogP contribution >= 0.6 is 27.3 Å². The molecule has 3 nitrogen and oxygen atoms in total. The first-order valence-electron chi connectivity index (χ1n) is 5.51. The van der Waals surface area contributed by atoms with Crippen LogP contribution in [0, 0.1) is 6.92 Å². The number of hydrogen-bond acceptors (Lipinski definition) is 4. The quantitative estimate of drug-likeness (QED) is 0.799. The fourth-order valence-corrected chi connectivity index (χ4v) is 2.94. The maximum Gasteiger partial charge on any atom is 0.349 e. The van der Waals surface area contributed by atoms with Crippen LogP contribution in [0.4, 0.5) is 0 Å². The molecular weight excluding hydrogens is 314 g/mol. The Labute approximate surface area is 118 Å². The van der Waals surface area contributed by atoms with Gasteiger partial charge in [-0.25, -0.2) is 9.78 Å². The summed E-state index contributed by atoms with van der Waals surface area (Å²) in [6, 6.07) is 5.99. The Hall–Kier alpha value is -1.20. The van der Waals surface area contributed by atoms with Gasteiger partial charge in [-0.2, -0.15) is 0 Å². The molecule has 18 heavy (non-hydrogen) atoms. The summed E-state index contributed by atoms with van der Waals surface area (Å²) in [5.74, 6) is -0.309. The Balaban J connectivity index is 2.32. The van der Waals surface area contributed by atoms with E-state index < -0.39 is 0 Å². The minimum Gasteiger partial charge on any atom is -0.462 e. The number of nitrogens with zero attached hydrogens (tertiary/aromatic N) is 1. The number of carbonyl (C=O) groups excluding carboxylic acids is 1. The first kappa shape index (κ1) is 13.2. The maximum atomic E-state index is 11.6. The summed E-state index contributed by atoms with van der Waals surface area (Å²) in [4.78, 5) is 16.4. The molecule has 0 unspecified atom stereocenters. The van der Waals surface area contributed by atoms with Gasteiger partial charge >= 0.3 is 5.97 Å². The molecule has 0 atom stereocenters. The Morgan fingerprint density at radius 2 is 2.28 bits per heavy atom. The van der Waals surface area contributed by atoms with E-state index in [1.165, 1.54) is 11.3 Å². The van der Waals surface area contributed by atoms with E-state index >= 15 is 0 Å². The lowest BCUT2D eigenvalue weighted by Crippen LogP contribution is -2.01. The van der Waals surface area contributed by atoms with Crippen LogP contribution in [0.15, 0.2) is 28.9 Å². The summed E-state index contributed by atoms with van der Waals surface area (Å²) in [6.45, 7) is 4.19. The molecule has 0 saturated carbocycles. The van der Waals surface area contributed by atoms with Crippen molar-refractivity contribution in [1.82, 2.24) is 4.98 Å². The standard InChI is InChI=1S/C13H12BrNO2S/c1-3-17-13(16)11-7-15-12(18-11)10-5-4-9(14)6-8(10)2/h4-7H,3H2,1-2H3. The lowest BCUT2D eigenvalue weighted by atomic mass is 10.1. The van der Waals surface area contributed by atoms with E-state index in [9.17, 15) is 4.79 Å². The second kappa shape index (κ2) is 5.63. The van der Waals surface area contributed by atoms with Crippen LogP contribution in [0.3, 0.4) is 0 Å². The van der Waals surface area contributed by atoms with Crippen LogP contribution in [0.2, 0.25) is 0 Å². The Bertz CT molecular complexity index is 580. The number of carbonyl (C=O) groups is 1. The van der Waals surface area contributed by atoms with Crippen molar-refractivity contribution in [2.24, 2.45) is 0 Å². The van der Waals surface area contributed by atoms with E-state index in [1.54, 1.807) is 13.1 Å². The van der Waals surface area contributed by atoms with Gasteiger partial charge in [-0.3, -0.25) is 0 Å². The van der Waals surface area contributed by atoms with Crippen LogP contribution < -0.4 is 0 Å². The molecular formula is C13H12BrNO2S. The van der Waals surface area contributed by atoms with E-state index in [0.29, 0.717) is 11.5 Å². The maximum absolute atomic E-state index is 11.6. The van der Waals surface area contributed by atoms with Gasteiger partial charge in [0.1, 0.15) is 9.88 Å². The molecule has 94 valence electrons. The molecule has 0 bridgehead atoms. The van der Waals surface area contributed by atoms with Crippen LogP contribution in [-0.4, -0.2) is 17.6 Å². The number of hydrogen-bond donors (Lipinski definition) is 0. The summed E-state index contributed by atoms with van der Waals surface area (Å²) in [5, 5.41) is 0.836. The SMILES string of the molecule is CCOC(=O)c1cnc(-c2ccc(Br)cc2C)s1. The molecule has 0 spiro atoms. The van der Waals surface area contributed by atoms with E-state index in [4.69, 9.17) is 4.74 Å². The van der Waals surface area contributed by atoms with Crippen LogP contribution in [-0.2, 0) is 4.74 Å². The zero-order valence-corrected chi connectivity index (χ0v) is 12.5. The van der Waals surface area contributed by atoms with Crippen molar-refractivity contribution in [1.29, 1.82) is 0 Å². The van der Waals surface area contributed by atoms with Crippen molar-refractivity contribution in [2.75, 3.05) is 6.61 Å². The summed E-state index contributed by atoms with van der Waals surface area (Å²) < 4.78 is 5.98. The average molecular weight is 326 g/mol. The van der Waals surface area contributed by atoms with Crippen LogP contribution in [0.25, 0.3) is 10.6 Å². The van der Waals surface area contributed by atoms with Crippen molar-refractivity contribution < 1.29 is 9.53 Å². The van der Waals surface area contributed by atoms with Crippen LogP contribution in [0.1, 0.15) is 22.2 Å². The first-order chi connectivity index (χ1) is 8.61. The number of thiazole rings is 1. The Morgan fingerprint density at radius 1 is 1.50 bits per heavy atom. The van der Waals surface area contributed by atoms with Crippen molar-refractivity contribution in [3.63, 3.8) is 0 Å². The molecule has 5 heteroatoms. The Morgan fingerprint density at radius 3 is 2.94 bits per heavy atom. The monoisotopic (exact) mass is 325 g/mol. The van der Waals surface area contributed by atoms with Gasteiger partial charge in [0.25, 0.3) is 0 Å². The summed E-state index contributed by atoms with van der Waals surface area (Å²) >= 11 is 4.78. The minimum atomic E-state index is -0.309. The Kier molecular flexibility index (Phi) is 4.14. The molecule has 0 radical (unpaired) electrons. The third-order valence-electron chi connectivity index (χ3n) is 2.40. The molecule has 1 aromatic carbocycles. The van der Waals surface area contributed by atoms with E-state index in [0.717, 1.165) is 20.6 Å². The predicted octanol–water partition coefficient (Wildman–Crippen LogP) is 4.06.